The third-order valence-electron chi connectivity index (χ3n) is 7.75. The Morgan fingerprint density at radius 1 is 0.778 bits per heavy atom. The van der Waals surface area contributed by atoms with E-state index in [1.165, 1.54) is 12.1 Å². The van der Waals surface area contributed by atoms with Gasteiger partial charge in [-0.05, 0) is 67.9 Å². The molecule has 9 nitrogen and oxygen atoms in total. The van der Waals surface area contributed by atoms with Gasteiger partial charge in [0.1, 0.15) is 0 Å². The molecule has 1 aliphatic carbocycles. The molecule has 1 fully saturated rings. The van der Waals surface area contributed by atoms with Gasteiger partial charge in [0.05, 0.1) is 29.2 Å². The van der Waals surface area contributed by atoms with E-state index < -0.39 is 5.97 Å². The molecule has 3 heterocycles. The van der Waals surface area contributed by atoms with Crippen LogP contribution in [0.4, 0.5) is 5.69 Å². The number of carboxylic acids is 1. The second-order valence-electron chi connectivity index (χ2n) is 10.7. The second kappa shape index (κ2) is 18.0. The number of pyridine rings is 3. The summed E-state index contributed by atoms with van der Waals surface area (Å²) in [4.78, 5) is 34.2. The van der Waals surface area contributed by atoms with Crippen molar-refractivity contribution in [2.24, 2.45) is 4.99 Å². The van der Waals surface area contributed by atoms with Gasteiger partial charge in [-0.15, -0.1) is 6.07 Å². The first-order chi connectivity index (χ1) is 21.0. The van der Waals surface area contributed by atoms with Gasteiger partial charge in [-0.3, -0.25) is 19.9 Å². The predicted molar refractivity (Wildman–Crippen MR) is 173 cm³/mol. The Kier molecular flexibility index (Phi) is 14.2. The van der Waals surface area contributed by atoms with Gasteiger partial charge in [-0.25, -0.2) is 9.79 Å². The van der Waals surface area contributed by atoms with Crippen LogP contribution in [0.15, 0.2) is 102 Å². The SMILES string of the molecule is O=C(O)c1ccc(N=C(O)CN(Cc2ccccn2)C2CCCC[C@@H]2N(C[CH-]c2ccccn2)Cc2ccccn2)cc1.[CH3-].[Fe+4]. The molecule has 4 aromatic rings. The van der Waals surface area contributed by atoms with Crippen LogP contribution in [-0.2, 0) is 30.2 Å². The quantitative estimate of drug-likeness (QED) is 0.0766. The zero-order valence-electron chi connectivity index (χ0n) is 25.5. The van der Waals surface area contributed by atoms with Gasteiger partial charge >= 0.3 is 23.0 Å². The Morgan fingerprint density at radius 3 is 1.87 bits per heavy atom. The van der Waals surface area contributed by atoms with E-state index in [4.69, 9.17) is 0 Å². The monoisotopic (exact) mass is 648 g/mol. The maximum Gasteiger partial charge on any atom is 4.00 e. The predicted octanol–water partition coefficient (Wildman–Crippen LogP) is 6.17. The van der Waals surface area contributed by atoms with Gasteiger partial charge < -0.3 is 22.5 Å². The standard InChI is InChI=1S/C34H37N6O3.CH3.Fe/c41-33(38-28-16-14-26(15-17-28)34(42)43)25-40(24-30-11-5-8-21-37-30)32-13-2-1-12-31(32)39(23-29-10-4-7-20-36-29)22-18-27-9-3-6-19-35-27;;/h3-11,14-21,31-32H,1-2,12-13,22-25H2,(H,38,41)(H,42,43);1H3;/q2*-1;+4/t31-,32?;;/m0../s1. The molecule has 45 heavy (non-hydrogen) atoms. The summed E-state index contributed by atoms with van der Waals surface area (Å²) >= 11 is 0. The van der Waals surface area contributed by atoms with Crippen molar-refractivity contribution >= 4 is 17.6 Å². The number of aromatic carboxylic acids is 1. The molecule has 0 saturated heterocycles. The maximum atomic E-state index is 11.2. The molecule has 5 rings (SSSR count). The number of carboxylic acid groups (broad SMARTS) is 1. The number of carbonyl (C=O) groups is 1. The van der Waals surface area contributed by atoms with Gasteiger partial charge in [0, 0.05) is 43.8 Å². The van der Waals surface area contributed by atoms with Crippen LogP contribution in [0.5, 0.6) is 0 Å². The number of benzene rings is 1. The molecule has 10 heteroatoms. The Balaban J connectivity index is 0.00000276. The summed E-state index contributed by atoms with van der Waals surface area (Å²) in [5, 5.41) is 20.3. The largest absolute Gasteiger partial charge is 4.00 e. The number of aromatic nitrogens is 3. The summed E-state index contributed by atoms with van der Waals surface area (Å²) < 4.78 is 0. The minimum Gasteiger partial charge on any atom is -0.495 e. The van der Waals surface area contributed by atoms with Crippen molar-refractivity contribution in [3.05, 3.63) is 134 Å². The van der Waals surface area contributed by atoms with E-state index in [0.717, 1.165) is 42.8 Å². The summed E-state index contributed by atoms with van der Waals surface area (Å²) in [5.41, 5.74) is 3.54. The molecule has 2 N–H and O–H groups in total. The molecule has 0 spiro atoms. The van der Waals surface area contributed by atoms with E-state index in [9.17, 15) is 15.0 Å². The van der Waals surface area contributed by atoms with E-state index in [2.05, 4.69) is 42.2 Å². The van der Waals surface area contributed by atoms with Crippen LogP contribution in [0.25, 0.3) is 0 Å². The molecular weight excluding hydrogens is 608 g/mol. The van der Waals surface area contributed by atoms with Crippen molar-refractivity contribution < 1.29 is 32.1 Å². The molecule has 1 unspecified atom stereocenters. The second-order valence-corrected chi connectivity index (χ2v) is 10.7. The number of hydrogen-bond donors (Lipinski definition) is 2. The fourth-order valence-electron chi connectivity index (χ4n) is 5.70. The summed E-state index contributed by atoms with van der Waals surface area (Å²) in [6, 6.07) is 24.4. The molecule has 3 aromatic heterocycles. The Hall–Kier alpha value is -4.08. The zero-order valence-corrected chi connectivity index (χ0v) is 26.6. The topological polar surface area (TPSA) is 115 Å². The molecule has 1 aliphatic rings. The molecule has 1 saturated carbocycles. The van der Waals surface area contributed by atoms with Gasteiger partial charge in [0.15, 0.2) is 0 Å². The van der Waals surface area contributed by atoms with E-state index in [-0.39, 0.29) is 54.6 Å². The van der Waals surface area contributed by atoms with Crippen LogP contribution >= 0.6 is 0 Å². The van der Waals surface area contributed by atoms with Crippen molar-refractivity contribution in [3.63, 3.8) is 0 Å². The van der Waals surface area contributed by atoms with Gasteiger partial charge in [0.2, 0.25) is 5.90 Å². The maximum absolute atomic E-state index is 11.2. The van der Waals surface area contributed by atoms with Crippen LogP contribution < -0.4 is 0 Å². The molecule has 2 atom stereocenters. The average Bonchev–Trinajstić information content (AvgIpc) is 3.04. The summed E-state index contributed by atoms with van der Waals surface area (Å²) in [5.74, 6) is -1.03. The number of aliphatic hydroxyl groups excluding tert-OH is 1. The molecule has 0 aliphatic heterocycles. The fourth-order valence-corrected chi connectivity index (χ4v) is 5.70. The van der Waals surface area contributed by atoms with E-state index in [1.807, 2.05) is 60.9 Å². The Morgan fingerprint density at radius 2 is 1.33 bits per heavy atom. The molecule has 234 valence electrons. The van der Waals surface area contributed by atoms with E-state index >= 15 is 0 Å². The third kappa shape index (κ3) is 10.5. The number of aliphatic hydroxyl groups is 1. The van der Waals surface area contributed by atoms with Gasteiger partial charge in [-0.2, -0.15) is 12.5 Å². The fraction of sp³-hybridized carbons (Fsp3) is 0.286. The first kappa shape index (κ1) is 35.4. The number of aliphatic imine (C=N–C) groups is 1. The van der Waals surface area contributed by atoms with Crippen LogP contribution in [0.3, 0.4) is 0 Å². The summed E-state index contributed by atoms with van der Waals surface area (Å²) in [6.07, 6.45) is 11.8. The third-order valence-corrected chi connectivity index (χ3v) is 7.75. The molecular formula is C35H40FeN6O3+2. The van der Waals surface area contributed by atoms with Gasteiger partial charge in [-0.1, -0.05) is 36.7 Å². The van der Waals surface area contributed by atoms with Crippen molar-refractivity contribution in [2.45, 2.75) is 50.9 Å². The molecule has 0 bridgehead atoms. The van der Waals surface area contributed by atoms with Gasteiger partial charge in [0.25, 0.3) is 0 Å². The first-order valence-electron chi connectivity index (χ1n) is 14.7. The molecule has 1 aromatic carbocycles. The first-order valence-corrected chi connectivity index (χ1v) is 14.7. The van der Waals surface area contributed by atoms with E-state index in [0.29, 0.717) is 25.3 Å². The zero-order chi connectivity index (χ0) is 29.9. The minimum atomic E-state index is -1.000. The number of nitrogens with zero attached hydrogens (tertiary/aromatic N) is 6. The van der Waals surface area contributed by atoms with Crippen LogP contribution in [0.2, 0.25) is 0 Å². The normalized spacial score (nSPS) is 16.4. The number of hydrogen-bond acceptors (Lipinski definition) is 7. The van der Waals surface area contributed by atoms with Crippen molar-refractivity contribution in [2.75, 3.05) is 13.1 Å². The Labute approximate surface area is 276 Å². The summed E-state index contributed by atoms with van der Waals surface area (Å²) in [7, 11) is 0. The van der Waals surface area contributed by atoms with Crippen molar-refractivity contribution in [1.82, 2.24) is 24.8 Å². The average molecular weight is 649 g/mol. The smallest absolute Gasteiger partial charge is 0.495 e. The van der Waals surface area contributed by atoms with Crippen molar-refractivity contribution in [1.29, 1.82) is 0 Å². The molecule has 0 amide bonds. The van der Waals surface area contributed by atoms with Crippen LogP contribution in [0.1, 0.15) is 53.1 Å². The number of rotatable bonds is 13. The summed E-state index contributed by atoms with van der Waals surface area (Å²) in [6.45, 7) is 2.20. The minimum absolute atomic E-state index is 0. The Bertz CT molecular complexity index is 1460. The van der Waals surface area contributed by atoms with Crippen LogP contribution in [0, 0.1) is 13.8 Å². The van der Waals surface area contributed by atoms with E-state index in [1.54, 1.807) is 18.3 Å². The van der Waals surface area contributed by atoms with Crippen LogP contribution in [-0.4, -0.2) is 72.0 Å². The van der Waals surface area contributed by atoms with Crippen molar-refractivity contribution in [3.8, 4) is 0 Å². The molecule has 0 radical (unpaired) electrons.